The molecule has 0 unspecified atom stereocenters. The Balaban J connectivity index is 0.000000398. The maximum absolute atomic E-state index is 10.0. The minimum atomic E-state index is -0.125. The summed E-state index contributed by atoms with van der Waals surface area (Å²) in [4.78, 5) is 16.0. The largest absolute Gasteiger partial charge is 0.512 e. The van der Waals surface area contributed by atoms with Crippen LogP contribution in [0.2, 0.25) is 0 Å². The molecular formula is C27H26IrNO2S-. The maximum atomic E-state index is 10.0. The van der Waals surface area contributed by atoms with E-state index in [0.29, 0.717) is 0 Å². The normalized spacial score (nSPS) is 10.8. The van der Waals surface area contributed by atoms with E-state index in [9.17, 15) is 4.79 Å². The van der Waals surface area contributed by atoms with Crippen molar-refractivity contribution in [2.45, 2.75) is 34.6 Å². The number of rotatable bonds is 3. The summed E-state index contributed by atoms with van der Waals surface area (Å²) in [6, 6.07) is 20.2. The number of benzene rings is 2. The molecule has 1 N–H and O–H groups in total. The second-order valence-electron chi connectivity index (χ2n) is 7.66. The first-order chi connectivity index (χ1) is 14.7. The van der Waals surface area contributed by atoms with Gasteiger partial charge in [0, 0.05) is 37.3 Å². The van der Waals surface area contributed by atoms with Gasteiger partial charge in [0.15, 0.2) is 5.78 Å². The minimum absolute atomic E-state index is 0. The zero-order valence-electron chi connectivity index (χ0n) is 18.8. The Labute approximate surface area is 207 Å². The number of hydrogen-bond acceptors (Lipinski definition) is 4. The van der Waals surface area contributed by atoms with Crippen molar-refractivity contribution in [3.8, 4) is 21.7 Å². The molecule has 2 aromatic carbocycles. The van der Waals surface area contributed by atoms with Crippen molar-refractivity contribution >= 4 is 27.2 Å². The molecule has 0 atom stereocenters. The molecule has 5 heteroatoms. The van der Waals surface area contributed by atoms with Gasteiger partial charge < -0.3 is 10.1 Å². The van der Waals surface area contributed by atoms with Gasteiger partial charge >= 0.3 is 0 Å². The summed E-state index contributed by atoms with van der Waals surface area (Å²) in [5.74, 6) is -0.0625. The number of ketones is 1. The number of pyridine rings is 1. The molecule has 0 bridgehead atoms. The smallest absolute Gasteiger partial charge is 0.155 e. The van der Waals surface area contributed by atoms with E-state index in [1.807, 2.05) is 35.7 Å². The SMILES string of the molecule is CC(=O)/C=C(/C)O.Cc1cc(C)c(-c2cc3cc(-c4[c-]cccc4)ncc3s2)c(C)c1.[Ir]. The van der Waals surface area contributed by atoms with Gasteiger partial charge in [0.25, 0.3) is 0 Å². The predicted octanol–water partition coefficient (Wildman–Crippen LogP) is 7.39. The molecule has 2 aromatic heterocycles. The molecule has 4 aromatic rings. The van der Waals surface area contributed by atoms with Crippen LogP contribution in [0.1, 0.15) is 30.5 Å². The first-order valence-electron chi connectivity index (χ1n) is 10.1. The van der Waals surface area contributed by atoms with Gasteiger partial charge in [0.1, 0.15) is 0 Å². The van der Waals surface area contributed by atoms with Crippen LogP contribution in [-0.2, 0) is 24.9 Å². The Morgan fingerprint density at radius 2 is 1.75 bits per heavy atom. The van der Waals surface area contributed by atoms with E-state index in [0.717, 1.165) is 11.3 Å². The molecule has 4 rings (SSSR count). The van der Waals surface area contributed by atoms with Crippen LogP contribution < -0.4 is 0 Å². The van der Waals surface area contributed by atoms with E-state index in [2.05, 4.69) is 62.2 Å². The zero-order chi connectivity index (χ0) is 22.5. The van der Waals surface area contributed by atoms with E-state index in [4.69, 9.17) is 5.11 Å². The monoisotopic (exact) mass is 621 g/mol. The molecule has 32 heavy (non-hydrogen) atoms. The Bertz CT molecular complexity index is 1230. The summed E-state index contributed by atoms with van der Waals surface area (Å²) in [7, 11) is 0. The topological polar surface area (TPSA) is 50.2 Å². The van der Waals surface area contributed by atoms with Crippen molar-refractivity contribution in [1.29, 1.82) is 0 Å². The third kappa shape index (κ3) is 6.46. The third-order valence-corrected chi connectivity index (χ3v) is 5.83. The fourth-order valence-electron chi connectivity index (χ4n) is 3.63. The summed E-state index contributed by atoms with van der Waals surface area (Å²) in [6.45, 7) is 9.40. The van der Waals surface area contributed by atoms with Crippen LogP contribution in [0.3, 0.4) is 0 Å². The van der Waals surface area contributed by atoms with E-state index in [1.54, 1.807) is 0 Å². The van der Waals surface area contributed by atoms with Crippen molar-refractivity contribution < 1.29 is 30.0 Å². The quantitative estimate of drug-likeness (QED) is 0.148. The van der Waals surface area contributed by atoms with Crippen LogP contribution in [0.25, 0.3) is 31.8 Å². The summed E-state index contributed by atoms with van der Waals surface area (Å²) < 4.78 is 1.23. The Hall–Kier alpha value is -2.59. The first kappa shape index (κ1) is 25.7. The number of carbonyl (C=O) groups is 1. The number of aromatic nitrogens is 1. The van der Waals surface area contributed by atoms with Crippen molar-refractivity contribution in [3.05, 3.63) is 89.3 Å². The van der Waals surface area contributed by atoms with Crippen molar-refractivity contribution in [2.24, 2.45) is 0 Å². The van der Waals surface area contributed by atoms with Crippen molar-refractivity contribution in [1.82, 2.24) is 4.98 Å². The molecule has 1 radical (unpaired) electrons. The molecule has 0 fully saturated rings. The Morgan fingerprint density at radius 1 is 1.06 bits per heavy atom. The summed E-state index contributed by atoms with van der Waals surface area (Å²) >= 11 is 1.82. The van der Waals surface area contributed by atoms with Gasteiger partial charge in [-0.25, -0.2) is 0 Å². The second-order valence-corrected chi connectivity index (χ2v) is 8.75. The maximum Gasteiger partial charge on any atom is 0.155 e. The fourth-order valence-corrected chi connectivity index (χ4v) is 4.82. The van der Waals surface area contributed by atoms with Crippen LogP contribution in [0.5, 0.6) is 0 Å². The molecular weight excluding hydrogens is 595 g/mol. The molecule has 0 saturated carbocycles. The van der Waals surface area contributed by atoms with Gasteiger partial charge in [-0.2, -0.15) is 0 Å². The van der Waals surface area contributed by atoms with E-state index in [1.165, 1.54) is 57.1 Å². The predicted molar refractivity (Wildman–Crippen MR) is 131 cm³/mol. The number of allylic oxidation sites excluding steroid dienone is 2. The van der Waals surface area contributed by atoms with E-state index >= 15 is 0 Å². The number of carbonyl (C=O) groups excluding carboxylic acids is 1. The molecule has 3 nitrogen and oxygen atoms in total. The molecule has 0 saturated heterocycles. The summed E-state index contributed by atoms with van der Waals surface area (Å²) in [5, 5.41) is 9.61. The second kappa shape index (κ2) is 11.3. The van der Waals surface area contributed by atoms with E-state index in [-0.39, 0.29) is 31.6 Å². The summed E-state index contributed by atoms with van der Waals surface area (Å²) in [6.07, 6.45) is 3.15. The van der Waals surface area contributed by atoms with Crippen LogP contribution in [-0.4, -0.2) is 15.9 Å². The average Bonchev–Trinajstić information content (AvgIpc) is 3.10. The van der Waals surface area contributed by atoms with Gasteiger partial charge in [0.05, 0.1) is 10.5 Å². The molecule has 0 aliphatic heterocycles. The number of fused-ring (bicyclic) bond motifs is 1. The Morgan fingerprint density at radius 3 is 2.28 bits per heavy atom. The molecule has 2 heterocycles. The number of hydrogen-bond donors (Lipinski definition) is 1. The average molecular weight is 621 g/mol. The van der Waals surface area contributed by atoms with Gasteiger partial charge in [-0.05, 0) is 68.5 Å². The Kier molecular flexibility index (Phi) is 9.09. The summed E-state index contributed by atoms with van der Waals surface area (Å²) in [5.41, 5.74) is 7.36. The molecule has 0 aliphatic rings. The number of aliphatic hydroxyl groups excluding tert-OH is 1. The van der Waals surface area contributed by atoms with E-state index < -0.39 is 0 Å². The third-order valence-electron chi connectivity index (χ3n) is 4.72. The fraction of sp³-hybridized carbons (Fsp3) is 0.185. The van der Waals surface area contributed by atoms with Gasteiger partial charge in [-0.15, -0.1) is 47.2 Å². The minimum Gasteiger partial charge on any atom is -0.512 e. The molecule has 0 amide bonds. The van der Waals surface area contributed by atoms with Crippen LogP contribution in [0, 0.1) is 26.8 Å². The number of thiophene rings is 1. The standard InChI is InChI=1S/C22H18NS.C5H8O2.Ir/c1-14-9-15(2)22(16(3)10-14)20-12-18-11-19(23-13-21(18)24-20)17-7-5-4-6-8-17;1-4(6)3-5(2)7;/h4-7,9-13H,1-3H3;3,6H,1-2H3;/q-1;;/b;4-3-;. The zero-order valence-corrected chi connectivity index (χ0v) is 22.0. The van der Waals surface area contributed by atoms with Crippen molar-refractivity contribution in [2.75, 3.05) is 0 Å². The molecule has 167 valence electrons. The van der Waals surface area contributed by atoms with Gasteiger partial charge in [0.2, 0.25) is 0 Å². The van der Waals surface area contributed by atoms with Crippen LogP contribution in [0.4, 0.5) is 0 Å². The number of nitrogens with zero attached hydrogens (tertiary/aromatic N) is 1. The first-order valence-corrected chi connectivity index (χ1v) is 10.9. The van der Waals surface area contributed by atoms with Crippen LogP contribution >= 0.6 is 11.3 Å². The van der Waals surface area contributed by atoms with Gasteiger partial charge in [-0.3, -0.25) is 4.79 Å². The molecule has 0 spiro atoms. The number of aryl methyl sites for hydroxylation is 3. The van der Waals surface area contributed by atoms with Gasteiger partial charge in [-0.1, -0.05) is 23.8 Å². The molecule has 0 aliphatic carbocycles. The van der Waals surface area contributed by atoms with Crippen LogP contribution in [0.15, 0.2) is 66.6 Å². The number of aliphatic hydroxyl groups is 1. The van der Waals surface area contributed by atoms with Crippen molar-refractivity contribution in [3.63, 3.8) is 0 Å².